The molecule has 1 saturated heterocycles. The van der Waals surface area contributed by atoms with Crippen LogP contribution in [0.1, 0.15) is 18.4 Å². The van der Waals surface area contributed by atoms with Crippen molar-refractivity contribution >= 4 is 23.5 Å². The molecule has 28 heavy (non-hydrogen) atoms. The fraction of sp³-hybridized carbons (Fsp3) is 0.286. The Morgan fingerprint density at radius 2 is 1.93 bits per heavy atom. The third-order valence-corrected chi connectivity index (χ3v) is 4.49. The molecule has 0 radical (unpaired) electrons. The first-order valence-corrected chi connectivity index (χ1v) is 9.12. The third kappa shape index (κ3) is 5.09. The van der Waals surface area contributed by atoms with E-state index in [0.717, 1.165) is 17.7 Å². The molecule has 2 aromatic carbocycles. The Balaban J connectivity index is 1.55. The van der Waals surface area contributed by atoms with Crippen LogP contribution in [0.15, 0.2) is 54.6 Å². The van der Waals surface area contributed by atoms with Crippen LogP contribution in [0.5, 0.6) is 5.75 Å². The van der Waals surface area contributed by atoms with Gasteiger partial charge in [0, 0.05) is 31.1 Å². The number of benzene rings is 2. The molecule has 146 valence electrons. The second-order valence-electron chi connectivity index (χ2n) is 6.58. The van der Waals surface area contributed by atoms with Gasteiger partial charge in [-0.25, -0.2) is 4.79 Å². The summed E-state index contributed by atoms with van der Waals surface area (Å²) in [4.78, 5) is 37.1. The standard InChI is InChI=1S/C21H22N2O5/c24-19(22-18(21(26)27)12-15-6-2-1-3-7-15)14-28-17-9-4-8-16(13-17)23-11-5-10-20(23)25/h1-4,6-9,13,18H,5,10-12,14H2,(H,22,24)(H,26,27). The first-order chi connectivity index (χ1) is 13.5. The molecule has 7 heteroatoms. The molecule has 2 amide bonds. The lowest BCUT2D eigenvalue weighted by molar-refractivity contribution is -0.142. The normalized spacial score (nSPS) is 14.6. The lowest BCUT2D eigenvalue weighted by Gasteiger charge is -2.17. The van der Waals surface area contributed by atoms with Gasteiger partial charge in [-0.2, -0.15) is 0 Å². The Kier molecular flexibility index (Phi) is 6.26. The molecule has 3 rings (SSSR count). The minimum Gasteiger partial charge on any atom is -0.484 e. The van der Waals surface area contributed by atoms with Gasteiger partial charge < -0.3 is 20.1 Å². The number of hydrogen-bond donors (Lipinski definition) is 2. The predicted octanol–water partition coefficient (Wildman–Crippen LogP) is 2.00. The lowest BCUT2D eigenvalue weighted by Crippen LogP contribution is -2.44. The summed E-state index contributed by atoms with van der Waals surface area (Å²) in [5, 5.41) is 11.8. The summed E-state index contributed by atoms with van der Waals surface area (Å²) in [6.07, 6.45) is 1.55. The van der Waals surface area contributed by atoms with Crippen molar-refractivity contribution in [1.82, 2.24) is 5.32 Å². The first-order valence-electron chi connectivity index (χ1n) is 9.12. The number of amides is 2. The van der Waals surface area contributed by atoms with Gasteiger partial charge in [0.05, 0.1) is 0 Å². The quantitative estimate of drug-likeness (QED) is 0.728. The fourth-order valence-electron chi connectivity index (χ4n) is 3.10. The van der Waals surface area contributed by atoms with Gasteiger partial charge >= 0.3 is 5.97 Å². The predicted molar refractivity (Wildman–Crippen MR) is 103 cm³/mol. The molecule has 2 aromatic rings. The molecule has 1 aliphatic rings. The largest absolute Gasteiger partial charge is 0.484 e. The number of aliphatic carboxylic acids is 1. The van der Waals surface area contributed by atoms with Gasteiger partial charge in [0.25, 0.3) is 5.91 Å². The van der Waals surface area contributed by atoms with Crippen molar-refractivity contribution in [2.75, 3.05) is 18.1 Å². The van der Waals surface area contributed by atoms with Crippen molar-refractivity contribution in [2.45, 2.75) is 25.3 Å². The Hall–Kier alpha value is -3.35. The SMILES string of the molecule is O=C(COc1cccc(N2CCCC2=O)c1)NC(Cc1ccccc1)C(=O)O. The molecule has 2 N–H and O–H groups in total. The van der Waals surface area contributed by atoms with Crippen LogP contribution >= 0.6 is 0 Å². The van der Waals surface area contributed by atoms with Crippen LogP contribution in [0.4, 0.5) is 5.69 Å². The fourth-order valence-corrected chi connectivity index (χ4v) is 3.10. The van der Waals surface area contributed by atoms with Gasteiger partial charge in [0.15, 0.2) is 6.61 Å². The molecule has 0 spiro atoms. The number of rotatable bonds is 8. The van der Waals surface area contributed by atoms with Crippen LogP contribution in [0.2, 0.25) is 0 Å². The molecule has 1 aliphatic heterocycles. The van der Waals surface area contributed by atoms with Crippen molar-refractivity contribution in [1.29, 1.82) is 0 Å². The van der Waals surface area contributed by atoms with Crippen molar-refractivity contribution in [3.05, 3.63) is 60.2 Å². The second-order valence-corrected chi connectivity index (χ2v) is 6.58. The zero-order valence-electron chi connectivity index (χ0n) is 15.3. The molecular weight excluding hydrogens is 360 g/mol. The number of ether oxygens (including phenoxy) is 1. The van der Waals surface area contributed by atoms with Gasteiger partial charge in [-0.05, 0) is 24.1 Å². The molecule has 1 unspecified atom stereocenters. The maximum atomic E-state index is 12.2. The molecule has 0 saturated carbocycles. The Morgan fingerprint density at radius 3 is 2.61 bits per heavy atom. The van der Waals surface area contributed by atoms with E-state index in [0.29, 0.717) is 18.7 Å². The number of nitrogens with zero attached hydrogens (tertiary/aromatic N) is 1. The monoisotopic (exact) mass is 382 g/mol. The molecular formula is C21H22N2O5. The lowest BCUT2D eigenvalue weighted by atomic mass is 10.1. The third-order valence-electron chi connectivity index (χ3n) is 4.49. The van der Waals surface area contributed by atoms with Crippen LogP contribution < -0.4 is 15.0 Å². The van der Waals surface area contributed by atoms with E-state index in [2.05, 4.69) is 5.32 Å². The van der Waals surface area contributed by atoms with Gasteiger partial charge in [-0.1, -0.05) is 36.4 Å². The summed E-state index contributed by atoms with van der Waals surface area (Å²) in [5.74, 6) is -1.11. The van der Waals surface area contributed by atoms with E-state index in [1.54, 1.807) is 23.1 Å². The Labute approximate surface area is 162 Å². The summed E-state index contributed by atoms with van der Waals surface area (Å²) in [6, 6.07) is 15.0. The van der Waals surface area contributed by atoms with E-state index >= 15 is 0 Å². The highest BCUT2D eigenvalue weighted by atomic mass is 16.5. The number of hydrogen-bond acceptors (Lipinski definition) is 4. The molecule has 1 heterocycles. The smallest absolute Gasteiger partial charge is 0.326 e. The summed E-state index contributed by atoms with van der Waals surface area (Å²) in [6.45, 7) is 0.360. The number of carbonyl (C=O) groups is 3. The van der Waals surface area contributed by atoms with E-state index in [9.17, 15) is 19.5 Å². The van der Waals surface area contributed by atoms with Gasteiger partial charge in [0.2, 0.25) is 5.91 Å². The highest BCUT2D eigenvalue weighted by molar-refractivity contribution is 5.95. The summed E-state index contributed by atoms with van der Waals surface area (Å²) in [7, 11) is 0. The van der Waals surface area contributed by atoms with Gasteiger partial charge in [-0.15, -0.1) is 0 Å². The van der Waals surface area contributed by atoms with E-state index in [1.807, 2.05) is 36.4 Å². The van der Waals surface area contributed by atoms with Crippen molar-refractivity contribution < 1.29 is 24.2 Å². The van der Waals surface area contributed by atoms with E-state index in [4.69, 9.17) is 4.74 Å². The molecule has 0 aromatic heterocycles. The van der Waals surface area contributed by atoms with Crippen LogP contribution in [0.25, 0.3) is 0 Å². The highest BCUT2D eigenvalue weighted by Crippen LogP contribution is 2.25. The minimum absolute atomic E-state index is 0.0695. The summed E-state index contributed by atoms with van der Waals surface area (Å²) < 4.78 is 5.49. The molecule has 1 fully saturated rings. The number of carboxylic acids is 1. The maximum absolute atomic E-state index is 12.2. The first kappa shape index (κ1) is 19.4. The summed E-state index contributed by atoms with van der Waals surface area (Å²) >= 11 is 0. The van der Waals surface area contributed by atoms with E-state index < -0.39 is 17.9 Å². The van der Waals surface area contributed by atoms with Crippen LogP contribution in [-0.2, 0) is 20.8 Å². The van der Waals surface area contributed by atoms with Crippen LogP contribution in [-0.4, -0.2) is 42.1 Å². The van der Waals surface area contributed by atoms with E-state index in [-0.39, 0.29) is 18.9 Å². The average Bonchev–Trinajstić information content (AvgIpc) is 3.13. The number of anilines is 1. The van der Waals surface area contributed by atoms with Crippen molar-refractivity contribution in [3.8, 4) is 5.75 Å². The highest BCUT2D eigenvalue weighted by Gasteiger charge is 2.22. The van der Waals surface area contributed by atoms with Crippen molar-refractivity contribution in [3.63, 3.8) is 0 Å². The molecule has 0 aliphatic carbocycles. The topological polar surface area (TPSA) is 95.9 Å². The minimum atomic E-state index is -1.10. The molecule has 1 atom stereocenters. The number of carbonyl (C=O) groups excluding carboxylic acids is 2. The van der Waals surface area contributed by atoms with Gasteiger partial charge in [-0.3, -0.25) is 9.59 Å². The molecule has 7 nitrogen and oxygen atoms in total. The zero-order chi connectivity index (χ0) is 19.9. The second kappa shape index (κ2) is 9.03. The number of carboxylic acid groups (broad SMARTS) is 1. The van der Waals surface area contributed by atoms with Crippen LogP contribution in [0.3, 0.4) is 0 Å². The maximum Gasteiger partial charge on any atom is 0.326 e. The van der Waals surface area contributed by atoms with Crippen LogP contribution in [0, 0.1) is 0 Å². The number of nitrogens with one attached hydrogen (secondary N) is 1. The molecule has 0 bridgehead atoms. The van der Waals surface area contributed by atoms with Crippen molar-refractivity contribution in [2.24, 2.45) is 0 Å². The average molecular weight is 382 g/mol. The zero-order valence-corrected chi connectivity index (χ0v) is 15.3. The van der Waals surface area contributed by atoms with Gasteiger partial charge in [0.1, 0.15) is 11.8 Å². The summed E-state index contributed by atoms with van der Waals surface area (Å²) in [5.41, 5.74) is 1.55. The Morgan fingerprint density at radius 1 is 1.14 bits per heavy atom. The Bertz CT molecular complexity index is 853. The van der Waals surface area contributed by atoms with E-state index in [1.165, 1.54) is 0 Å².